The third kappa shape index (κ3) is 3.98. The van der Waals surface area contributed by atoms with Crippen LogP contribution in [0.25, 0.3) is 0 Å². The van der Waals surface area contributed by atoms with Crippen LogP contribution in [0.2, 0.25) is 0 Å². The lowest BCUT2D eigenvalue weighted by atomic mass is 10.2. The van der Waals surface area contributed by atoms with E-state index in [-0.39, 0.29) is 17.9 Å². The SMILES string of the molecule is N#CCCCCNC(=O)C1CCC(=O)N1. The predicted molar refractivity (Wildman–Crippen MR) is 53.6 cm³/mol. The van der Waals surface area contributed by atoms with E-state index >= 15 is 0 Å². The minimum Gasteiger partial charge on any atom is -0.354 e. The average Bonchev–Trinajstić information content (AvgIpc) is 2.64. The first-order chi connectivity index (χ1) is 7.24. The fraction of sp³-hybridized carbons (Fsp3) is 0.700. The van der Waals surface area contributed by atoms with Crippen molar-refractivity contribution in [1.82, 2.24) is 10.6 Å². The van der Waals surface area contributed by atoms with Gasteiger partial charge in [-0.15, -0.1) is 0 Å². The molecule has 15 heavy (non-hydrogen) atoms. The van der Waals surface area contributed by atoms with Crippen LogP contribution in [0.15, 0.2) is 0 Å². The highest BCUT2D eigenvalue weighted by Crippen LogP contribution is 2.06. The third-order valence-electron chi connectivity index (χ3n) is 2.33. The number of unbranched alkanes of at least 4 members (excludes halogenated alkanes) is 2. The molecule has 1 aliphatic rings. The lowest BCUT2D eigenvalue weighted by Crippen LogP contribution is -2.41. The number of nitrogens with one attached hydrogen (secondary N) is 2. The standard InChI is InChI=1S/C10H15N3O2/c11-6-2-1-3-7-12-10(15)8-4-5-9(14)13-8/h8H,1-5,7H2,(H,12,15)(H,13,14). The molecular weight excluding hydrogens is 194 g/mol. The molecule has 5 heteroatoms. The fourth-order valence-electron chi connectivity index (χ4n) is 1.47. The molecule has 82 valence electrons. The highest BCUT2D eigenvalue weighted by molar-refractivity contribution is 5.90. The van der Waals surface area contributed by atoms with E-state index in [0.717, 1.165) is 12.8 Å². The first-order valence-corrected chi connectivity index (χ1v) is 5.18. The van der Waals surface area contributed by atoms with E-state index in [0.29, 0.717) is 25.8 Å². The number of rotatable bonds is 5. The van der Waals surface area contributed by atoms with Crippen molar-refractivity contribution in [2.75, 3.05) is 6.54 Å². The van der Waals surface area contributed by atoms with Gasteiger partial charge in [-0.2, -0.15) is 5.26 Å². The van der Waals surface area contributed by atoms with Gasteiger partial charge in [0.25, 0.3) is 0 Å². The maximum absolute atomic E-state index is 11.4. The van der Waals surface area contributed by atoms with Crippen molar-refractivity contribution < 1.29 is 9.59 Å². The van der Waals surface area contributed by atoms with Crippen molar-refractivity contribution >= 4 is 11.8 Å². The molecule has 1 fully saturated rings. The number of nitrogens with zero attached hydrogens (tertiary/aromatic N) is 1. The molecule has 2 N–H and O–H groups in total. The molecule has 0 aliphatic carbocycles. The van der Waals surface area contributed by atoms with E-state index in [1.165, 1.54) is 0 Å². The van der Waals surface area contributed by atoms with Crippen LogP contribution in [0.5, 0.6) is 0 Å². The Hall–Kier alpha value is -1.57. The van der Waals surface area contributed by atoms with Crippen LogP contribution in [-0.4, -0.2) is 24.4 Å². The molecule has 1 unspecified atom stereocenters. The molecule has 0 aromatic rings. The van der Waals surface area contributed by atoms with Gasteiger partial charge in [0.1, 0.15) is 6.04 Å². The molecule has 1 saturated heterocycles. The molecule has 0 bridgehead atoms. The second kappa shape index (κ2) is 6.02. The van der Waals surface area contributed by atoms with E-state index < -0.39 is 0 Å². The van der Waals surface area contributed by atoms with E-state index in [9.17, 15) is 9.59 Å². The van der Waals surface area contributed by atoms with Gasteiger partial charge in [0.05, 0.1) is 6.07 Å². The molecule has 1 atom stereocenters. The van der Waals surface area contributed by atoms with Crippen molar-refractivity contribution in [2.24, 2.45) is 0 Å². The zero-order chi connectivity index (χ0) is 11.1. The molecule has 0 saturated carbocycles. The average molecular weight is 209 g/mol. The summed E-state index contributed by atoms with van der Waals surface area (Å²) in [6.45, 7) is 0.576. The summed E-state index contributed by atoms with van der Waals surface area (Å²) in [6.07, 6.45) is 3.15. The maximum atomic E-state index is 11.4. The Morgan fingerprint density at radius 2 is 2.40 bits per heavy atom. The van der Waals surface area contributed by atoms with Crippen molar-refractivity contribution in [3.8, 4) is 6.07 Å². The number of nitriles is 1. The molecule has 0 radical (unpaired) electrons. The number of carbonyl (C=O) groups excluding carboxylic acids is 2. The van der Waals surface area contributed by atoms with Crippen molar-refractivity contribution in [1.29, 1.82) is 5.26 Å². The van der Waals surface area contributed by atoms with Gasteiger partial charge < -0.3 is 10.6 Å². The monoisotopic (exact) mass is 209 g/mol. The van der Waals surface area contributed by atoms with Crippen molar-refractivity contribution in [3.63, 3.8) is 0 Å². The highest BCUT2D eigenvalue weighted by Gasteiger charge is 2.26. The van der Waals surface area contributed by atoms with E-state index in [2.05, 4.69) is 10.6 Å². The Labute approximate surface area is 88.8 Å². The molecule has 2 amide bonds. The van der Waals surface area contributed by atoms with E-state index in [4.69, 9.17) is 5.26 Å². The summed E-state index contributed by atoms with van der Waals surface area (Å²) in [7, 11) is 0. The van der Waals surface area contributed by atoms with Gasteiger partial charge >= 0.3 is 0 Å². The molecule has 0 aromatic carbocycles. The summed E-state index contributed by atoms with van der Waals surface area (Å²) in [4.78, 5) is 22.3. The summed E-state index contributed by atoms with van der Waals surface area (Å²) >= 11 is 0. The minimum absolute atomic E-state index is 0.0559. The quantitative estimate of drug-likeness (QED) is 0.629. The zero-order valence-electron chi connectivity index (χ0n) is 8.58. The van der Waals surface area contributed by atoms with Crippen molar-refractivity contribution in [3.05, 3.63) is 0 Å². The lowest BCUT2D eigenvalue weighted by molar-refractivity contribution is -0.125. The Bertz CT molecular complexity index is 283. The van der Waals surface area contributed by atoms with Crippen molar-refractivity contribution in [2.45, 2.75) is 38.1 Å². The summed E-state index contributed by atoms with van der Waals surface area (Å²) in [6, 6.07) is 1.69. The topological polar surface area (TPSA) is 82.0 Å². The Morgan fingerprint density at radius 3 is 3.00 bits per heavy atom. The number of carbonyl (C=O) groups is 2. The summed E-state index contributed by atoms with van der Waals surface area (Å²) in [5.74, 6) is -0.169. The lowest BCUT2D eigenvalue weighted by Gasteiger charge is -2.10. The Kier molecular flexibility index (Phi) is 4.61. The molecule has 1 aliphatic heterocycles. The second-order valence-electron chi connectivity index (χ2n) is 3.57. The Balaban J connectivity index is 2.09. The van der Waals surface area contributed by atoms with Gasteiger partial charge in [0.15, 0.2) is 0 Å². The van der Waals surface area contributed by atoms with Gasteiger partial charge in [-0.05, 0) is 19.3 Å². The molecule has 0 aromatic heterocycles. The van der Waals surface area contributed by atoms with Gasteiger partial charge in [-0.3, -0.25) is 9.59 Å². The van der Waals surface area contributed by atoms with Gasteiger partial charge in [-0.25, -0.2) is 0 Å². The number of hydrogen-bond donors (Lipinski definition) is 2. The summed E-state index contributed by atoms with van der Waals surface area (Å²) in [5.41, 5.74) is 0. The highest BCUT2D eigenvalue weighted by atomic mass is 16.2. The van der Waals surface area contributed by atoms with Crippen LogP contribution in [0.4, 0.5) is 0 Å². The number of hydrogen-bond acceptors (Lipinski definition) is 3. The number of amides is 2. The maximum Gasteiger partial charge on any atom is 0.242 e. The summed E-state index contributed by atoms with van der Waals surface area (Å²) in [5, 5.41) is 13.6. The second-order valence-corrected chi connectivity index (χ2v) is 3.57. The third-order valence-corrected chi connectivity index (χ3v) is 2.33. The van der Waals surface area contributed by atoms with Crippen LogP contribution in [0.1, 0.15) is 32.1 Å². The van der Waals surface area contributed by atoms with E-state index in [1.807, 2.05) is 6.07 Å². The van der Waals surface area contributed by atoms with Crippen LogP contribution < -0.4 is 10.6 Å². The zero-order valence-corrected chi connectivity index (χ0v) is 8.58. The van der Waals surface area contributed by atoms with Crippen LogP contribution in [0, 0.1) is 11.3 Å². The molecule has 1 heterocycles. The fourth-order valence-corrected chi connectivity index (χ4v) is 1.47. The predicted octanol–water partition coefficient (Wildman–Crippen LogP) is 0.0751. The first kappa shape index (κ1) is 11.5. The summed E-state index contributed by atoms with van der Waals surface area (Å²) < 4.78 is 0. The largest absolute Gasteiger partial charge is 0.354 e. The molecule has 0 spiro atoms. The van der Waals surface area contributed by atoms with Crippen LogP contribution in [-0.2, 0) is 9.59 Å². The van der Waals surface area contributed by atoms with Crippen LogP contribution in [0.3, 0.4) is 0 Å². The molecule has 5 nitrogen and oxygen atoms in total. The molecule has 1 rings (SSSR count). The van der Waals surface area contributed by atoms with Gasteiger partial charge in [0.2, 0.25) is 11.8 Å². The van der Waals surface area contributed by atoms with Gasteiger partial charge in [0, 0.05) is 19.4 Å². The Morgan fingerprint density at radius 1 is 1.60 bits per heavy atom. The normalized spacial score (nSPS) is 19.4. The minimum atomic E-state index is -0.353. The van der Waals surface area contributed by atoms with Gasteiger partial charge in [-0.1, -0.05) is 0 Å². The molecular formula is C10H15N3O2. The van der Waals surface area contributed by atoms with E-state index in [1.54, 1.807) is 0 Å². The first-order valence-electron chi connectivity index (χ1n) is 5.18. The van der Waals surface area contributed by atoms with Crippen LogP contribution >= 0.6 is 0 Å². The smallest absolute Gasteiger partial charge is 0.242 e.